The molecule has 1 saturated heterocycles. The van der Waals surface area contributed by atoms with Gasteiger partial charge < -0.3 is 19.3 Å². The summed E-state index contributed by atoms with van der Waals surface area (Å²) in [6.45, 7) is 9.24. The average Bonchev–Trinajstić information content (AvgIpc) is 3.16. The van der Waals surface area contributed by atoms with Crippen LogP contribution in [0.15, 0.2) is 42.5 Å². The lowest BCUT2D eigenvalue weighted by molar-refractivity contribution is 0.0766. The van der Waals surface area contributed by atoms with Crippen molar-refractivity contribution in [3.8, 4) is 11.5 Å². The normalized spacial score (nSPS) is 15.4. The number of carbonyl (C=O) groups is 1. The van der Waals surface area contributed by atoms with Gasteiger partial charge in [0.15, 0.2) is 11.5 Å². The number of aryl methyl sites for hydroxylation is 3. The van der Waals surface area contributed by atoms with E-state index in [2.05, 4.69) is 48.0 Å². The third kappa shape index (κ3) is 4.55. The van der Waals surface area contributed by atoms with Crippen LogP contribution < -0.4 is 14.4 Å². The van der Waals surface area contributed by atoms with Gasteiger partial charge in [-0.25, -0.2) is 9.97 Å². The molecule has 3 heterocycles. The first-order valence-electron chi connectivity index (χ1n) is 11.8. The lowest BCUT2D eigenvalue weighted by Crippen LogP contribution is -2.35. The summed E-state index contributed by atoms with van der Waals surface area (Å²) in [5, 5.41) is 0. The van der Waals surface area contributed by atoms with E-state index in [1.807, 2.05) is 24.0 Å². The third-order valence-corrected chi connectivity index (χ3v) is 6.51. The Kier molecular flexibility index (Phi) is 6.09. The van der Waals surface area contributed by atoms with Gasteiger partial charge in [-0.05, 0) is 51.0 Å². The Morgan fingerprint density at radius 2 is 1.71 bits per heavy atom. The Morgan fingerprint density at radius 1 is 0.912 bits per heavy atom. The number of benzene rings is 2. The molecule has 0 unspecified atom stereocenters. The molecule has 7 nitrogen and oxygen atoms in total. The standard InChI is InChI=1S/C27H30N4O3/c1-18-5-7-21(8-6-18)15-23-19(2)28-20(3)29-26(23)30-11-4-12-31(14-13-30)27(32)22-9-10-24-25(16-22)34-17-33-24/h5-10,16H,4,11-15,17H2,1-3H3. The summed E-state index contributed by atoms with van der Waals surface area (Å²) in [5.41, 5.74) is 5.30. The number of carbonyl (C=O) groups excluding carboxylic acids is 1. The first-order chi connectivity index (χ1) is 16.5. The second-order valence-electron chi connectivity index (χ2n) is 9.02. The SMILES string of the molecule is Cc1ccc(Cc2c(C)nc(C)nc2N2CCCN(C(=O)c3ccc4c(c3)OCO4)CC2)cc1. The second kappa shape index (κ2) is 9.33. The summed E-state index contributed by atoms with van der Waals surface area (Å²) in [4.78, 5) is 27.0. The molecule has 3 aromatic rings. The number of amides is 1. The second-order valence-corrected chi connectivity index (χ2v) is 9.02. The molecular weight excluding hydrogens is 428 g/mol. The predicted octanol–water partition coefficient (Wildman–Crippen LogP) is 4.07. The van der Waals surface area contributed by atoms with Crippen LogP contribution in [0.5, 0.6) is 11.5 Å². The van der Waals surface area contributed by atoms with Crippen LogP contribution in [0, 0.1) is 20.8 Å². The Bertz CT molecular complexity index is 1210. The van der Waals surface area contributed by atoms with E-state index in [0.29, 0.717) is 30.2 Å². The van der Waals surface area contributed by atoms with Crippen LogP contribution in [0.4, 0.5) is 5.82 Å². The number of nitrogens with zero attached hydrogens (tertiary/aromatic N) is 4. The Morgan fingerprint density at radius 3 is 2.53 bits per heavy atom. The van der Waals surface area contributed by atoms with Gasteiger partial charge in [-0.2, -0.15) is 0 Å². The minimum Gasteiger partial charge on any atom is -0.454 e. The third-order valence-electron chi connectivity index (χ3n) is 6.51. The molecule has 1 aromatic heterocycles. The van der Waals surface area contributed by atoms with E-state index in [0.717, 1.165) is 48.8 Å². The lowest BCUT2D eigenvalue weighted by Gasteiger charge is -2.26. The molecule has 0 atom stereocenters. The maximum Gasteiger partial charge on any atom is 0.254 e. The largest absolute Gasteiger partial charge is 0.454 e. The predicted molar refractivity (Wildman–Crippen MR) is 131 cm³/mol. The molecule has 0 bridgehead atoms. The van der Waals surface area contributed by atoms with Crippen molar-refractivity contribution in [1.29, 1.82) is 0 Å². The van der Waals surface area contributed by atoms with Gasteiger partial charge in [-0.15, -0.1) is 0 Å². The molecule has 2 aliphatic heterocycles. The number of aromatic nitrogens is 2. The van der Waals surface area contributed by atoms with Crippen molar-refractivity contribution < 1.29 is 14.3 Å². The van der Waals surface area contributed by atoms with E-state index >= 15 is 0 Å². The van der Waals surface area contributed by atoms with E-state index < -0.39 is 0 Å². The van der Waals surface area contributed by atoms with Gasteiger partial charge in [0.1, 0.15) is 11.6 Å². The molecule has 7 heteroatoms. The number of hydrogen-bond acceptors (Lipinski definition) is 6. The maximum atomic E-state index is 13.2. The molecule has 1 amide bonds. The highest BCUT2D eigenvalue weighted by atomic mass is 16.7. The number of ether oxygens (including phenoxy) is 2. The van der Waals surface area contributed by atoms with Crippen LogP contribution in [0.2, 0.25) is 0 Å². The number of fused-ring (bicyclic) bond motifs is 1. The minimum absolute atomic E-state index is 0.0232. The molecule has 176 valence electrons. The lowest BCUT2D eigenvalue weighted by atomic mass is 10.0. The summed E-state index contributed by atoms with van der Waals surface area (Å²) >= 11 is 0. The van der Waals surface area contributed by atoms with E-state index in [-0.39, 0.29) is 12.7 Å². The summed E-state index contributed by atoms with van der Waals surface area (Å²) < 4.78 is 10.8. The summed E-state index contributed by atoms with van der Waals surface area (Å²) in [6.07, 6.45) is 1.67. The van der Waals surface area contributed by atoms with Crippen molar-refractivity contribution in [1.82, 2.24) is 14.9 Å². The highest BCUT2D eigenvalue weighted by Crippen LogP contribution is 2.33. The quantitative estimate of drug-likeness (QED) is 0.587. The number of rotatable bonds is 4. The molecule has 0 aliphatic carbocycles. The van der Waals surface area contributed by atoms with Gasteiger partial charge in [0.2, 0.25) is 6.79 Å². The molecule has 2 aromatic carbocycles. The Hall–Kier alpha value is -3.61. The van der Waals surface area contributed by atoms with E-state index in [4.69, 9.17) is 14.5 Å². The zero-order valence-corrected chi connectivity index (χ0v) is 20.0. The van der Waals surface area contributed by atoms with Crippen LogP contribution >= 0.6 is 0 Å². The van der Waals surface area contributed by atoms with Crippen LogP contribution in [-0.2, 0) is 6.42 Å². The van der Waals surface area contributed by atoms with Crippen molar-refractivity contribution in [2.75, 3.05) is 37.9 Å². The summed E-state index contributed by atoms with van der Waals surface area (Å²) in [6, 6.07) is 14.0. The zero-order chi connectivity index (χ0) is 23.7. The van der Waals surface area contributed by atoms with Gasteiger partial charge in [-0.1, -0.05) is 29.8 Å². The molecule has 5 rings (SSSR count). The van der Waals surface area contributed by atoms with Crippen LogP contribution in [-0.4, -0.2) is 53.7 Å². The number of anilines is 1. The smallest absolute Gasteiger partial charge is 0.254 e. The molecule has 34 heavy (non-hydrogen) atoms. The van der Waals surface area contributed by atoms with Gasteiger partial charge >= 0.3 is 0 Å². The molecular formula is C27H30N4O3. The van der Waals surface area contributed by atoms with Crippen molar-refractivity contribution >= 4 is 11.7 Å². The van der Waals surface area contributed by atoms with E-state index in [9.17, 15) is 4.79 Å². The highest BCUT2D eigenvalue weighted by Gasteiger charge is 2.25. The van der Waals surface area contributed by atoms with Crippen LogP contribution in [0.25, 0.3) is 0 Å². The molecule has 0 saturated carbocycles. The average molecular weight is 459 g/mol. The minimum atomic E-state index is 0.0232. The van der Waals surface area contributed by atoms with Crippen molar-refractivity contribution in [3.05, 3.63) is 76.2 Å². The maximum absolute atomic E-state index is 13.2. The summed E-state index contributed by atoms with van der Waals surface area (Å²) in [7, 11) is 0. The fourth-order valence-corrected chi connectivity index (χ4v) is 4.64. The summed E-state index contributed by atoms with van der Waals surface area (Å²) in [5.74, 6) is 3.11. The fraction of sp³-hybridized carbons (Fsp3) is 0.370. The Balaban J connectivity index is 1.35. The monoisotopic (exact) mass is 458 g/mol. The zero-order valence-electron chi connectivity index (χ0n) is 20.0. The highest BCUT2D eigenvalue weighted by molar-refractivity contribution is 5.95. The van der Waals surface area contributed by atoms with Crippen LogP contribution in [0.1, 0.15) is 45.0 Å². The Labute approximate surface area is 200 Å². The topological polar surface area (TPSA) is 67.8 Å². The molecule has 0 radical (unpaired) electrons. The molecule has 0 N–H and O–H groups in total. The van der Waals surface area contributed by atoms with Crippen molar-refractivity contribution in [2.24, 2.45) is 0 Å². The van der Waals surface area contributed by atoms with Gasteiger partial charge in [-0.3, -0.25) is 4.79 Å². The van der Waals surface area contributed by atoms with Gasteiger partial charge in [0.25, 0.3) is 5.91 Å². The van der Waals surface area contributed by atoms with E-state index in [1.165, 1.54) is 11.1 Å². The molecule has 1 fully saturated rings. The van der Waals surface area contributed by atoms with Gasteiger partial charge in [0.05, 0.1) is 0 Å². The van der Waals surface area contributed by atoms with E-state index in [1.54, 1.807) is 6.07 Å². The first kappa shape index (κ1) is 22.2. The van der Waals surface area contributed by atoms with Crippen LogP contribution in [0.3, 0.4) is 0 Å². The molecule has 0 spiro atoms. The first-order valence-corrected chi connectivity index (χ1v) is 11.8. The molecule has 2 aliphatic rings. The fourth-order valence-electron chi connectivity index (χ4n) is 4.64. The van der Waals surface area contributed by atoms with Gasteiger partial charge in [0, 0.05) is 49.4 Å². The number of hydrogen-bond donors (Lipinski definition) is 0. The van der Waals surface area contributed by atoms with Crippen molar-refractivity contribution in [3.63, 3.8) is 0 Å². The van der Waals surface area contributed by atoms with Crippen molar-refractivity contribution in [2.45, 2.75) is 33.6 Å².